The minimum atomic E-state index is -0.710. The van der Waals surface area contributed by atoms with Gasteiger partial charge < -0.3 is 18.7 Å². The van der Waals surface area contributed by atoms with Gasteiger partial charge in [0.2, 0.25) is 0 Å². The van der Waals surface area contributed by atoms with Crippen molar-refractivity contribution in [2.24, 2.45) is 0 Å². The molecule has 0 radical (unpaired) electrons. The molecule has 4 rings (SSSR count). The average molecular weight is 450 g/mol. The Morgan fingerprint density at radius 1 is 1.03 bits per heavy atom. The van der Waals surface area contributed by atoms with Crippen LogP contribution in [0.5, 0.6) is 11.5 Å². The van der Waals surface area contributed by atoms with Crippen molar-refractivity contribution in [3.63, 3.8) is 0 Å². The topological polar surface area (TPSA) is 41.3 Å². The van der Waals surface area contributed by atoms with Crippen molar-refractivity contribution in [3.8, 4) is 11.5 Å². The van der Waals surface area contributed by atoms with Crippen molar-refractivity contribution in [3.05, 3.63) is 99.8 Å². The Morgan fingerprint density at radius 3 is 2.55 bits per heavy atom. The van der Waals surface area contributed by atoms with Crippen LogP contribution in [-0.2, 0) is 20.6 Å². The minimum Gasteiger partial charge on any atom is -0.457 e. The highest BCUT2D eigenvalue weighted by molar-refractivity contribution is 9.10. The van der Waals surface area contributed by atoms with Gasteiger partial charge in [0, 0.05) is 4.47 Å². The zero-order valence-corrected chi connectivity index (χ0v) is 17.0. The van der Waals surface area contributed by atoms with Crippen molar-refractivity contribution in [2.75, 3.05) is 6.61 Å². The van der Waals surface area contributed by atoms with Gasteiger partial charge in [-0.15, -0.1) is 0 Å². The summed E-state index contributed by atoms with van der Waals surface area (Å²) >= 11 is 3.54. The van der Waals surface area contributed by atoms with Gasteiger partial charge in [-0.3, -0.25) is 0 Å². The third kappa shape index (κ3) is 5.05. The monoisotopic (exact) mass is 449 g/mol. The second kappa shape index (κ2) is 9.25. The highest BCUT2D eigenvalue weighted by Crippen LogP contribution is 2.30. The molecule has 1 aliphatic heterocycles. The van der Waals surface area contributed by atoms with E-state index in [2.05, 4.69) is 20.8 Å². The summed E-state index contributed by atoms with van der Waals surface area (Å²) in [5.74, 6) is 1.34. The molecule has 7 heteroatoms. The summed E-state index contributed by atoms with van der Waals surface area (Å²) in [4.78, 5) is 3.38. The van der Waals surface area contributed by atoms with Crippen LogP contribution >= 0.6 is 15.9 Å². The van der Waals surface area contributed by atoms with E-state index in [0.717, 1.165) is 15.6 Å². The Balaban J connectivity index is 1.36. The summed E-state index contributed by atoms with van der Waals surface area (Å²) in [5, 5.41) is 0. The maximum Gasteiger partial charge on any atom is 0.640 e. The van der Waals surface area contributed by atoms with E-state index in [4.69, 9.17) is 25.3 Å². The molecule has 29 heavy (non-hydrogen) atoms. The Kier molecular flexibility index (Phi) is 6.28. The fourth-order valence-electron chi connectivity index (χ4n) is 2.92. The normalized spacial score (nSPS) is 15.9. The van der Waals surface area contributed by atoms with Crippen LogP contribution in [0.25, 0.3) is 4.85 Å². The molecule has 1 fully saturated rings. The molecule has 1 saturated heterocycles. The van der Waals surface area contributed by atoms with E-state index in [1.165, 1.54) is 0 Å². The molecular weight excluding hydrogens is 433 g/mol. The van der Waals surface area contributed by atoms with E-state index in [9.17, 15) is 0 Å². The summed E-state index contributed by atoms with van der Waals surface area (Å²) < 4.78 is 24.0. The van der Waals surface area contributed by atoms with E-state index in [1.807, 2.05) is 48.5 Å². The summed E-state index contributed by atoms with van der Waals surface area (Å²) in [6.07, 6.45) is -0.127. The third-order valence-electron chi connectivity index (χ3n) is 4.42. The van der Waals surface area contributed by atoms with Gasteiger partial charge in [0.15, 0.2) is 5.69 Å². The summed E-state index contributed by atoms with van der Waals surface area (Å²) in [6, 6.07) is 22.6. The van der Waals surface area contributed by atoms with E-state index in [1.54, 1.807) is 24.3 Å². The molecule has 1 aliphatic rings. The highest BCUT2D eigenvalue weighted by Gasteiger charge is 2.34. The summed E-state index contributed by atoms with van der Waals surface area (Å²) in [6.45, 7) is 7.77. The SMILES string of the molecule is [C-]#[N+]c1ccc(Oc2ccc(Br)c(COB3OCC(c4ccccc4)O3)c2)cc1. The smallest absolute Gasteiger partial charge is 0.457 e. The zero-order valence-electron chi connectivity index (χ0n) is 15.5. The van der Waals surface area contributed by atoms with E-state index < -0.39 is 7.32 Å². The van der Waals surface area contributed by atoms with Crippen molar-refractivity contribution in [2.45, 2.75) is 12.7 Å². The first-order chi connectivity index (χ1) is 14.2. The average Bonchev–Trinajstić information content (AvgIpc) is 3.24. The van der Waals surface area contributed by atoms with Crippen molar-refractivity contribution in [1.82, 2.24) is 0 Å². The van der Waals surface area contributed by atoms with Gasteiger partial charge in [-0.05, 0) is 41.5 Å². The predicted octanol–water partition coefficient (Wildman–Crippen LogP) is 6.08. The molecule has 1 atom stereocenters. The minimum absolute atomic E-state index is 0.127. The number of halogens is 1. The number of benzene rings is 3. The molecule has 3 aromatic carbocycles. The highest BCUT2D eigenvalue weighted by atomic mass is 79.9. The lowest BCUT2D eigenvalue weighted by atomic mass is 10.1. The van der Waals surface area contributed by atoms with Crippen LogP contribution in [-0.4, -0.2) is 13.9 Å². The molecule has 0 bridgehead atoms. The van der Waals surface area contributed by atoms with Crippen molar-refractivity contribution in [1.29, 1.82) is 0 Å². The van der Waals surface area contributed by atoms with Crippen LogP contribution in [0.3, 0.4) is 0 Å². The third-order valence-corrected chi connectivity index (χ3v) is 5.20. The molecule has 0 N–H and O–H groups in total. The van der Waals surface area contributed by atoms with E-state index in [-0.39, 0.29) is 6.10 Å². The number of rotatable bonds is 6. The van der Waals surface area contributed by atoms with Gasteiger partial charge in [-0.1, -0.05) is 58.4 Å². The molecule has 0 aliphatic carbocycles. The first kappa shape index (κ1) is 19.7. The maximum absolute atomic E-state index is 7.01. The van der Waals surface area contributed by atoms with Gasteiger partial charge in [-0.2, -0.15) is 0 Å². The Hall–Kier alpha value is -2.63. The molecule has 0 spiro atoms. The van der Waals surface area contributed by atoms with Crippen molar-refractivity contribution < 1.29 is 18.7 Å². The lowest BCUT2D eigenvalue weighted by molar-refractivity contribution is 0.153. The van der Waals surface area contributed by atoms with Crippen LogP contribution in [0, 0.1) is 6.57 Å². The van der Waals surface area contributed by atoms with Gasteiger partial charge in [0.25, 0.3) is 0 Å². The molecule has 5 nitrogen and oxygen atoms in total. The molecule has 0 amide bonds. The largest absolute Gasteiger partial charge is 0.640 e. The predicted molar refractivity (Wildman–Crippen MR) is 114 cm³/mol. The quantitative estimate of drug-likeness (QED) is 0.337. The molecule has 0 saturated carbocycles. The van der Waals surface area contributed by atoms with Crippen LogP contribution < -0.4 is 4.74 Å². The maximum atomic E-state index is 7.01. The molecule has 1 heterocycles. The number of hydrogen-bond donors (Lipinski definition) is 0. The Morgan fingerprint density at radius 2 is 1.79 bits per heavy atom. The van der Waals surface area contributed by atoms with E-state index in [0.29, 0.717) is 30.4 Å². The lowest BCUT2D eigenvalue weighted by Crippen LogP contribution is -2.19. The molecule has 3 aromatic rings. The Bertz CT molecular complexity index is 1010. The van der Waals surface area contributed by atoms with Gasteiger partial charge in [-0.25, -0.2) is 4.85 Å². The first-order valence-corrected chi connectivity index (χ1v) is 9.88. The molecular formula is C22H17BBrNO4. The van der Waals surface area contributed by atoms with Crippen LogP contribution in [0.2, 0.25) is 0 Å². The van der Waals surface area contributed by atoms with Crippen molar-refractivity contribution >= 4 is 28.9 Å². The van der Waals surface area contributed by atoms with Crippen LogP contribution in [0.15, 0.2) is 77.3 Å². The lowest BCUT2D eigenvalue weighted by Gasteiger charge is -2.12. The fraction of sp³-hybridized carbons (Fsp3) is 0.136. The number of ether oxygens (including phenoxy) is 1. The summed E-state index contributed by atoms with van der Waals surface area (Å²) in [5.41, 5.74) is 2.56. The Labute approximate surface area is 178 Å². The van der Waals surface area contributed by atoms with Crippen LogP contribution in [0.4, 0.5) is 5.69 Å². The summed E-state index contributed by atoms with van der Waals surface area (Å²) in [7, 11) is -0.710. The zero-order chi connectivity index (χ0) is 20.1. The molecule has 1 unspecified atom stereocenters. The molecule has 0 aromatic heterocycles. The fourth-order valence-corrected chi connectivity index (χ4v) is 3.28. The first-order valence-electron chi connectivity index (χ1n) is 9.09. The number of nitrogens with zero attached hydrogens (tertiary/aromatic N) is 1. The van der Waals surface area contributed by atoms with E-state index >= 15 is 0 Å². The van der Waals surface area contributed by atoms with Gasteiger partial charge in [0.1, 0.15) is 11.5 Å². The second-order valence-electron chi connectivity index (χ2n) is 6.43. The number of hydrogen-bond acceptors (Lipinski definition) is 4. The van der Waals surface area contributed by atoms with Gasteiger partial charge in [0.05, 0.1) is 25.9 Å². The van der Waals surface area contributed by atoms with Crippen LogP contribution in [0.1, 0.15) is 17.2 Å². The molecule has 144 valence electrons. The second-order valence-corrected chi connectivity index (χ2v) is 7.28. The standard InChI is InChI=1S/C22H17BBrNO4/c1-25-18-7-9-19(10-8-18)28-20-11-12-21(24)17(13-20)14-26-23-27-15-22(29-23)16-5-3-2-4-6-16/h2-13,22H,14-15H2. The van der Waals surface area contributed by atoms with Gasteiger partial charge >= 0.3 is 7.32 Å².